The van der Waals surface area contributed by atoms with Gasteiger partial charge in [-0.1, -0.05) is 11.8 Å². The number of thioether (sulfide) groups is 1. The number of hydrogen-bond acceptors (Lipinski definition) is 6. The van der Waals surface area contributed by atoms with Crippen LogP contribution in [0.5, 0.6) is 0 Å². The van der Waals surface area contributed by atoms with Crippen molar-refractivity contribution >= 4 is 34.9 Å². The van der Waals surface area contributed by atoms with Gasteiger partial charge in [0.25, 0.3) is 0 Å². The van der Waals surface area contributed by atoms with Crippen LogP contribution in [0.3, 0.4) is 0 Å². The number of piperazine rings is 1. The summed E-state index contributed by atoms with van der Waals surface area (Å²) in [6, 6.07) is 6.53. The molecule has 29 heavy (non-hydrogen) atoms. The minimum absolute atomic E-state index is 0.0000667. The molecule has 1 aliphatic carbocycles. The molecule has 8 heteroatoms. The first-order valence-corrected chi connectivity index (χ1v) is 10.6. The molecule has 0 radical (unpaired) electrons. The molecule has 0 bridgehead atoms. The number of amides is 1. The quantitative estimate of drug-likeness (QED) is 0.722. The first kappa shape index (κ1) is 19.8. The summed E-state index contributed by atoms with van der Waals surface area (Å²) >= 11 is 1.58. The van der Waals surface area contributed by atoms with Crippen LogP contribution in [0.1, 0.15) is 6.42 Å². The Hall–Kier alpha value is -2.45. The lowest BCUT2D eigenvalue weighted by Gasteiger charge is -2.35. The van der Waals surface area contributed by atoms with Gasteiger partial charge in [-0.3, -0.25) is 19.5 Å². The monoisotopic (exact) mass is 414 g/mol. The number of fused-ring (bicyclic) bond motifs is 1. The average Bonchev–Trinajstić information content (AvgIpc) is 3.11. The van der Waals surface area contributed by atoms with Crippen molar-refractivity contribution in [2.75, 3.05) is 44.2 Å². The fourth-order valence-electron chi connectivity index (χ4n) is 3.56. The van der Waals surface area contributed by atoms with Crippen molar-refractivity contribution in [3.63, 3.8) is 0 Å². The number of ketones is 1. The largest absolute Gasteiger partial charge is 0.369 e. The predicted molar refractivity (Wildman–Crippen MR) is 114 cm³/mol. The number of aliphatic imine (C=N–C) groups is 1. The van der Waals surface area contributed by atoms with Gasteiger partial charge in [0, 0.05) is 49.4 Å². The van der Waals surface area contributed by atoms with E-state index in [0.29, 0.717) is 13.1 Å². The number of halogens is 1. The van der Waals surface area contributed by atoms with E-state index in [0.717, 1.165) is 48.9 Å². The van der Waals surface area contributed by atoms with Crippen molar-refractivity contribution in [1.82, 2.24) is 10.2 Å². The van der Waals surface area contributed by atoms with Crippen molar-refractivity contribution in [2.24, 2.45) is 4.99 Å². The minimum Gasteiger partial charge on any atom is -0.369 e. The summed E-state index contributed by atoms with van der Waals surface area (Å²) in [5.74, 6) is -0.214. The fourth-order valence-corrected chi connectivity index (χ4v) is 4.68. The second-order valence-electron chi connectivity index (χ2n) is 7.21. The van der Waals surface area contributed by atoms with Crippen LogP contribution in [0, 0.1) is 5.82 Å². The van der Waals surface area contributed by atoms with Gasteiger partial charge in [0.05, 0.1) is 12.3 Å². The van der Waals surface area contributed by atoms with Crippen molar-refractivity contribution in [3.8, 4) is 0 Å². The van der Waals surface area contributed by atoms with Gasteiger partial charge >= 0.3 is 0 Å². The Morgan fingerprint density at radius 3 is 2.69 bits per heavy atom. The van der Waals surface area contributed by atoms with E-state index in [-0.39, 0.29) is 22.9 Å². The smallest absolute Gasteiger partial charge is 0.234 e. The number of nitrogens with one attached hydrogen (secondary N) is 1. The van der Waals surface area contributed by atoms with Crippen molar-refractivity contribution < 1.29 is 14.0 Å². The maximum absolute atomic E-state index is 13.1. The summed E-state index contributed by atoms with van der Waals surface area (Å²) in [6.07, 6.45) is 5.64. The minimum atomic E-state index is -0.230. The molecular formula is C21H23FN4O2S. The highest BCUT2D eigenvalue weighted by molar-refractivity contribution is 8.05. The number of carbonyl (C=O) groups excluding carboxylic acids is 2. The molecule has 1 atom stereocenters. The standard InChI is InChI=1S/C21H23FN4O2S/c22-15-1-3-16(4-2-15)26-11-9-25(10-12-26)14-20(28)23-8-7-21-24-18-6-5-17(27)13-19(18)29-21/h1-6,13,21H,7-12,14H2,(H,23,28). The van der Waals surface area contributed by atoms with Crippen molar-refractivity contribution in [3.05, 3.63) is 53.2 Å². The van der Waals surface area contributed by atoms with Gasteiger partial charge in [-0.25, -0.2) is 4.39 Å². The molecule has 1 amide bonds. The third-order valence-corrected chi connectivity index (χ3v) is 6.32. The SMILES string of the molecule is O=C1C=CC2=NC(CCNC(=O)CN3CCN(c4ccc(F)cc4)CC3)SC2=C1. The summed E-state index contributed by atoms with van der Waals surface area (Å²) in [7, 11) is 0. The van der Waals surface area contributed by atoms with Gasteiger partial charge in [-0.05, 0) is 42.8 Å². The number of rotatable bonds is 6. The van der Waals surface area contributed by atoms with Gasteiger partial charge in [0.2, 0.25) is 5.91 Å². The Kier molecular flexibility index (Phi) is 6.10. The van der Waals surface area contributed by atoms with E-state index in [1.807, 2.05) is 0 Å². The van der Waals surface area contributed by atoms with Crippen LogP contribution < -0.4 is 10.2 Å². The van der Waals surface area contributed by atoms with E-state index in [9.17, 15) is 14.0 Å². The van der Waals surface area contributed by atoms with Crippen molar-refractivity contribution in [2.45, 2.75) is 11.8 Å². The second kappa shape index (κ2) is 8.92. The zero-order valence-electron chi connectivity index (χ0n) is 16.0. The summed E-state index contributed by atoms with van der Waals surface area (Å²) in [5, 5.41) is 3.02. The molecule has 2 heterocycles. The molecule has 0 saturated carbocycles. The zero-order chi connectivity index (χ0) is 20.2. The number of carbonyl (C=O) groups is 2. The van der Waals surface area contributed by atoms with E-state index in [2.05, 4.69) is 20.1 Å². The van der Waals surface area contributed by atoms with Crippen LogP contribution in [-0.4, -0.2) is 66.9 Å². The molecule has 2 aliphatic heterocycles. The average molecular weight is 415 g/mol. The van der Waals surface area contributed by atoms with Crippen LogP contribution in [0.2, 0.25) is 0 Å². The Morgan fingerprint density at radius 2 is 1.93 bits per heavy atom. The highest BCUT2D eigenvalue weighted by atomic mass is 32.2. The van der Waals surface area contributed by atoms with E-state index in [4.69, 9.17) is 0 Å². The lowest BCUT2D eigenvalue weighted by Crippen LogP contribution is -2.49. The molecule has 152 valence electrons. The first-order valence-electron chi connectivity index (χ1n) is 9.75. The molecule has 0 aromatic heterocycles. The fraction of sp³-hybridized carbons (Fsp3) is 0.381. The van der Waals surface area contributed by atoms with Crippen LogP contribution in [0.4, 0.5) is 10.1 Å². The molecule has 1 saturated heterocycles. The highest BCUT2D eigenvalue weighted by Gasteiger charge is 2.25. The maximum atomic E-state index is 13.1. The Morgan fingerprint density at radius 1 is 1.17 bits per heavy atom. The van der Waals surface area contributed by atoms with Gasteiger partial charge < -0.3 is 10.2 Å². The topological polar surface area (TPSA) is 65.0 Å². The molecular weight excluding hydrogens is 391 g/mol. The number of allylic oxidation sites excluding steroid dienone is 4. The van der Waals surface area contributed by atoms with Gasteiger partial charge in [0.1, 0.15) is 11.2 Å². The Labute approximate surface area is 173 Å². The Bertz CT molecular complexity index is 873. The van der Waals surface area contributed by atoms with E-state index < -0.39 is 0 Å². The molecule has 1 aromatic rings. The number of benzene rings is 1. The molecule has 1 unspecified atom stereocenters. The molecule has 6 nitrogen and oxygen atoms in total. The predicted octanol–water partition coefficient (Wildman–Crippen LogP) is 1.99. The normalized spacial score (nSPS) is 21.6. The molecule has 3 aliphatic rings. The number of anilines is 1. The van der Waals surface area contributed by atoms with Crippen LogP contribution in [0.15, 0.2) is 52.4 Å². The van der Waals surface area contributed by atoms with Crippen LogP contribution in [0.25, 0.3) is 0 Å². The number of nitrogens with zero attached hydrogens (tertiary/aromatic N) is 3. The van der Waals surface area contributed by atoms with Gasteiger partial charge in [0.15, 0.2) is 5.78 Å². The Balaban J connectivity index is 1.15. The van der Waals surface area contributed by atoms with E-state index in [1.165, 1.54) is 18.2 Å². The van der Waals surface area contributed by atoms with E-state index in [1.54, 1.807) is 36.0 Å². The lowest BCUT2D eigenvalue weighted by atomic mass is 10.1. The highest BCUT2D eigenvalue weighted by Crippen LogP contribution is 2.34. The number of hydrogen-bond donors (Lipinski definition) is 1. The summed E-state index contributed by atoms with van der Waals surface area (Å²) < 4.78 is 13.1. The summed E-state index contributed by atoms with van der Waals surface area (Å²) in [5.41, 5.74) is 1.88. The maximum Gasteiger partial charge on any atom is 0.234 e. The van der Waals surface area contributed by atoms with Gasteiger partial charge in [-0.15, -0.1) is 0 Å². The summed E-state index contributed by atoms with van der Waals surface area (Å²) in [6.45, 7) is 4.17. The van der Waals surface area contributed by atoms with E-state index >= 15 is 0 Å². The second-order valence-corrected chi connectivity index (χ2v) is 8.43. The van der Waals surface area contributed by atoms with Crippen LogP contribution >= 0.6 is 11.8 Å². The molecule has 4 rings (SSSR count). The molecule has 0 spiro atoms. The first-order chi connectivity index (χ1) is 14.1. The molecule has 1 fully saturated rings. The molecule has 1 aromatic carbocycles. The summed E-state index contributed by atoms with van der Waals surface area (Å²) in [4.78, 5) is 33.5. The third-order valence-electron chi connectivity index (χ3n) is 5.12. The molecule has 1 N–H and O–H groups in total. The van der Waals surface area contributed by atoms with Crippen molar-refractivity contribution in [1.29, 1.82) is 0 Å². The van der Waals surface area contributed by atoms with Crippen LogP contribution in [-0.2, 0) is 9.59 Å². The van der Waals surface area contributed by atoms with Gasteiger partial charge in [-0.2, -0.15) is 0 Å². The lowest BCUT2D eigenvalue weighted by molar-refractivity contribution is -0.122. The zero-order valence-corrected chi connectivity index (χ0v) is 16.8. The third kappa shape index (κ3) is 5.13.